The highest BCUT2D eigenvalue weighted by Crippen LogP contribution is 2.16. The van der Waals surface area contributed by atoms with Crippen LogP contribution in [0.15, 0.2) is 35.3 Å². The van der Waals surface area contributed by atoms with Crippen molar-refractivity contribution in [2.75, 3.05) is 44.7 Å². The van der Waals surface area contributed by atoms with Crippen molar-refractivity contribution in [1.82, 2.24) is 25.0 Å². The second-order valence-corrected chi connectivity index (χ2v) is 7.88. The average Bonchev–Trinajstić information content (AvgIpc) is 3.00. The van der Waals surface area contributed by atoms with Crippen LogP contribution >= 0.6 is 24.0 Å². The molecule has 1 aromatic heterocycles. The first-order chi connectivity index (χ1) is 14.3. The fraction of sp³-hybridized carbons (Fsp3) is 0.591. The molecule has 8 heteroatoms. The topological polar surface area (TPSA) is 61.6 Å². The van der Waals surface area contributed by atoms with Gasteiger partial charge in [0.15, 0.2) is 5.96 Å². The molecular weight excluding hydrogens is 489 g/mol. The predicted octanol–water partition coefficient (Wildman–Crippen LogP) is 2.95. The number of fused-ring (bicyclic) bond motifs is 1. The molecule has 0 radical (unpaired) electrons. The standard InChI is InChI=1S/C22H33N7.HI/c1-23-22(28-17-15-27(16-18-28)19-9-4-2-5-10-19)24-13-8-12-21-26-25-20-11-6-3-7-14-29(20)21;/h2,4-5,9-10H,3,6-8,11-18H2,1H3,(H,23,24);1H. The maximum atomic E-state index is 4.51. The first kappa shape index (κ1) is 22.8. The molecule has 1 aromatic carbocycles. The van der Waals surface area contributed by atoms with Crippen molar-refractivity contribution in [3.05, 3.63) is 42.0 Å². The molecule has 1 fully saturated rings. The zero-order chi connectivity index (χ0) is 19.9. The fourth-order valence-electron chi connectivity index (χ4n) is 4.32. The number of aromatic nitrogens is 3. The van der Waals surface area contributed by atoms with E-state index in [2.05, 4.69) is 65.2 Å². The third-order valence-electron chi connectivity index (χ3n) is 5.96. The maximum Gasteiger partial charge on any atom is 0.193 e. The molecule has 2 aliphatic rings. The number of hydrogen-bond donors (Lipinski definition) is 1. The number of aliphatic imine (C=N–C) groups is 1. The van der Waals surface area contributed by atoms with Crippen molar-refractivity contribution in [3.8, 4) is 0 Å². The lowest BCUT2D eigenvalue weighted by Crippen LogP contribution is -2.52. The molecule has 0 aliphatic carbocycles. The minimum Gasteiger partial charge on any atom is -0.368 e. The molecule has 1 saturated heterocycles. The Kier molecular flexibility index (Phi) is 8.77. The number of piperazine rings is 1. The third kappa shape index (κ3) is 5.65. The van der Waals surface area contributed by atoms with E-state index >= 15 is 0 Å². The van der Waals surface area contributed by atoms with E-state index in [0.29, 0.717) is 0 Å². The normalized spacial score (nSPS) is 17.2. The molecule has 4 rings (SSSR count). The van der Waals surface area contributed by atoms with E-state index in [1.165, 1.54) is 30.8 Å². The van der Waals surface area contributed by atoms with Crippen LogP contribution in [0.3, 0.4) is 0 Å². The number of nitrogens with zero attached hydrogens (tertiary/aromatic N) is 6. The molecule has 164 valence electrons. The molecule has 2 aromatic rings. The van der Waals surface area contributed by atoms with Gasteiger partial charge in [0.1, 0.15) is 11.6 Å². The molecule has 0 saturated carbocycles. The highest BCUT2D eigenvalue weighted by atomic mass is 127. The Balaban J connectivity index is 0.00000256. The Hall–Kier alpha value is -1.84. The van der Waals surface area contributed by atoms with Gasteiger partial charge in [-0.25, -0.2) is 0 Å². The van der Waals surface area contributed by atoms with Gasteiger partial charge in [-0.3, -0.25) is 4.99 Å². The summed E-state index contributed by atoms with van der Waals surface area (Å²) in [6.45, 7) is 6.03. The van der Waals surface area contributed by atoms with Crippen LogP contribution < -0.4 is 10.2 Å². The molecule has 1 N–H and O–H groups in total. The number of rotatable bonds is 5. The predicted molar refractivity (Wildman–Crippen MR) is 133 cm³/mol. The van der Waals surface area contributed by atoms with Crippen molar-refractivity contribution in [1.29, 1.82) is 0 Å². The average molecular weight is 523 g/mol. The largest absolute Gasteiger partial charge is 0.368 e. The van der Waals surface area contributed by atoms with Crippen molar-refractivity contribution in [3.63, 3.8) is 0 Å². The lowest BCUT2D eigenvalue weighted by atomic mass is 10.2. The number of halogens is 1. The summed E-state index contributed by atoms with van der Waals surface area (Å²) in [7, 11) is 1.88. The summed E-state index contributed by atoms with van der Waals surface area (Å²) in [5.41, 5.74) is 1.31. The Bertz CT molecular complexity index is 797. The Morgan fingerprint density at radius 3 is 2.57 bits per heavy atom. The molecule has 3 heterocycles. The second-order valence-electron chi connectivity index (χ2n) is 7.88. The van der Waals surface area contributed by atoms with Crippen LogP contribution in [0.2, 0.25) is 0 Å². The molecule has 30 heavy (non-hydrogen) atoms. The zero-order valence-electron chi connectivity index (χ0n) is 18.0. The fourth-order valence-corrected chi connectivity index (χ4v) is 4.32. The van der Waals surface area contributed by atoms with E-state index in [1.54, 1.807) is 0 Å². The number of para-hydroxylation sites is 1. The molecule has 0 bridgehead atoms. The lowest BCUT2D eigenvalue weighted by molar-refractivity contribution is 0.372. The smallest absolute Gasteiger partial charge is 0.193 e. The van der Waals surface area contributed by atoms with Crippen molar-refractivity contribution < 1.29 is 0 Å². The van der Waals surface area contributed by atoms with Crippen LogP contribution in [0.1, 0.15) is 37.3 Å². The minimum atomic E-state index is 0. The number of aryl methyl sites for hydroxylation is 2. The summed E-state index contributed by atoms with van der Waals surface area (Å²) in [5.74, 6) is 3.34. The van der Waals surface area contributed by atoms with Gasteiger partial charge in [0.2, 0.25) is 0 Å². The van der Waals surface area contributed by atoms with Crippen LogP contribution in [0, 0.1) is 0 Å². The van der Waals surface area contributed by atoms with E-state index in [0.717, 1.165) is 70.3 Å². The van der Waals surface area contributed by atoms with Gasteiger partial charge in [0, 0.05) is 64.8 Å². The number of benzene rings is 1. The van der Waals surface area contributed by atoms with Gasteiger partial charge in [-0.15, -0.1) is 34.2 Å². The maximum absolute atomic E-state index is 4.51. The van der Waals surface area contributed by atoms with E-state index in [-0.39, 0.29) is 24.0 Å². The SMILES string of the molecule is CN=C(NCCCc1nnc2n1CCCCC2)N1CCN(c2ccccc2)CC1.I. The van der Waals surface area contributed by atoms with Gasteiger partial charge in [0.05, 0.1) is 0 Å². The Morgan fingerprint density at radius 2 is 1.80 bits per heavy atom. The van der Waals surface area contributed by atoms with Gasteiger partial charge in [-0.2, -0.15) is 0 Å². The van der Waals surface area contributed by atoms with E-state index in [9.17, 15) is 0 Å². The van der Waals surface area contributed by atoms with E-state index in [1.807, 2.05) is 7.05 Å². The zero-order valence-corrected chi connectivity index (χ0v) is 20.3. The Morgan fingerprint density at radius 1 is 1.00 bits per heavy atom. The van der Waals surface area contributed by atoms with Crippen LogP contribution in [0.4, 0.5) is 5.69 Å². The van der Waals surface area contributed by atoms with Gasteiger partial charge in [-0.05, 0) is 31.4 Å². The summed E-state index contributed by atoms with van der Waals surface area (Å²) >= 11 is 0. The highest BCUT2D eigenvalue weighted by molar-refractivity contribution is 14.0. The number of anilines is 1. The summed E-state index contributed by atoms with van der Waals surface area (Å²) in [6.07, 6.45) is 6.89. The number of nitrogens with one attached hydrogen (secondary N) is 1. The van der Waals surface area contributed by atoms with Gasteiger partial charge >= 0.3 is 0 Å². The van der Waals surface area contributed by atoms with E-state index in [4.69, 9.17) is 0 Å². The van der Waals surface area contributed by atoms with Gasteiger partial charge < -0.3 is 19.7 Å². The van der Waals surface area contributed by atoms with Crippen molar-refractivity contribution >= 4 is 35.6 Å². The molecular formula is C22H34IN7. The molecule has 0 unspecified atom stereocenters. The number of hydrogen-bond acceptors (Lipinski definition) is 4. The first-order valence-corrected chi connectivity index (χ1v) is 11.0. The summed E-state index contributed by atoms with van der Waals surface area (Å²) in [5, 5.41) is 12.4. The Labute approximate surface area is 197 Å². The molecule has 7 nitrogen and oxygen atoms in total. The third-order valence-corrected chi connectivity index (χ3v) is 5.96. The van der Waals surface area contributed by atoms with E-state index < -0.39 is 0 Å². The minimum absolute atomic E-state index is 0. The number of guanidine groups is 1. The van der Waals surface area contributed by atoms with Gasteiger partial charge in [-0.1, -0.05) is 24.6 Å². The quantitative estimate of drug-likeness (QED) is 0.283. The monoisotopic (exact) mass is 523 g/mol. The summed E-state index contributed by atoms with van der Waals surface area (Å²) < 4.78 is 2.35. The van der Waals surface area contributed by atoms with Crippen molar-refractivity contribution in [2.45, 2.75) is 45.1 Å². The summed E-state index contributed by atoms with van der Waals surface area (Å²) in [6, 6.07) is 10.7. The first-order valence-electron chi connectivity index (χ1n) is 11.0. The molecule has 0 atom stereocenters. The van der Waals surface area contributed by atoms with Crippen LogP contribution in [-0.2, 0) is 19.4 Å². The van der Waals surface area contributed by atoms with Crippen LogP contribution in [0.25, 0.3) is 0 Å². The molecule has 0 amide bonds. The summed E-state index contributed by atoms with van der Waals surface area (Å²) in [4.78, 5) is 9.32. The van der Waals surface area contributed by atoms with Crippen LogP contribution in [-0.4, -0.2) is 65.4 Å². The second kappa shape index (κ2) is 11.5. The lowest BCUT2D eigenvalue weighted by Gasteiger charge is -2.37. The van der Waals surface area contributed by atoms with Crippen molar-refractivity contribution in [2.24, 2.45) is 4.99 Å². The molecule has 0 spiro atoms. The van der Waals surface area contributed by atoms with Gasteiger partial charge in [0.25, 0.3) is 0 Å². The van der Waals surface area contributed by atoms with Crippen LogP contribution in [0.5, 0.6) is 0 Å². The highest BCUT2D eigenvalue weighted by Gasteiger charge is 2.20. The molecule has 2 aliphatic heterocycles.